The van der Waals surface area contributed by atoms with Crippen LogP contribution in [0.5, 0.6) is 11.5 Å². The van der Waals surface area contributed by atoms with Gasteiger partial charge in [0.25, 0.3) is 0 Å². The van der Waals surface area contributed by atoms with Crippen molar-refractivity contribution in [1.82, 2.24) is 5.32 Å². The van der Waals surface area contributed by atoms with E-state index in [0.29, 0.717) is 29.2 Å². The SMILES string of the molecule is COC(=O)[C@](Cc1ccc(OCc2ccccc2)c(OCc2ccccc2)c1)(CC(C)OC(=O)c1ccccc1)NC(=O)OC(C)(C)C. The summed E-state index contributed by atoms with van der Waals surface area (Å²) in [7, 11) is 1.24. The summed E-state index contributed by atoms with van der Waals surface area (Å²) in [5, 5.41) is 2.77. The van der Waals surface area contributed by atoms with Crippen LogP contribution >= 0.6 is 0 Å². The maximum absolute atomic E-state index is 13.7. The number of rotatable bonds is 14. The average molecular weight is 654 g/mol. The van der Waals surface area contributed by atoms with Crippen LogP contribution in [0.3, 0.4) is 0 Å². The molecule has 48 heavy (non-hydrogen) atoms. The Morgan fingerprint density at radius 1 is 0.708 bits per heavy atom. The molecule has 0 aromatic heterocycles. The number of alkyl carbamates (subject to hydrolysis) is 1. The summed E-state index contributed by atoms with van der Waals surface area (Å²) >= 11 is 0. The molecule has 0 radical (unpaired) electrons. The quantitative estimate of drug-likeness (QED) is 0.110. The Morgan fingerprint density at radius 2 is 1.25 bits per heavy atom. The van der Waals surface area contributed by atoms with Gasteiger partial charge in [-0.05, 0) is 68.7 Å². The van der Waals surface area contributed by atoms with Crippen LogP contribution in [0.1, 0.15) is 61.2 Å². The van der Waals surface area contributed by atoms with Crippen molar-refractivity contribution in [3.63, 3.8) is 0 Å². The maximum atomic E-state index is 13.7. The largest absolute Gasteiger partial charge is 0.485 e. The predicted molar refractivity (Wildman–Crippen MR) is 182 cm³/mol. The molecular formula is C39H43NO8. The maximum Gasteiger partial charge on any atom is 0.408 e. The number of nitrogens with one attached hydrogen (secondary N) is 1. The van der Waals surface area contributed by atoms with Crippen LogP contribution in [0.2, 0.25) is 0 Å². The lowest BCUT2D eigenvalue weighted by atomic mass is 9.85. The minimum atomic E-state index is -1.68. The summed E-state index contributed by atoms with van der Waals surface area (Å²) < 4.78 is 29.0. The fraction of sp³-hybridized carbons (Fsp3) is 0.308. The normalized spacial score (nSPS) is 12.9. The zero-order valence-corrected chi connectivity index (χ0v) is 28.1. The molecule has 4 rings (SSSR count). The molecule has 0 spiro atoms. The van der Waals surface area contributed by atoms with Gasteiger partial charge in [0.05, 0.1) is 12.7 Å². The van der Waals surface area contributed by atoms with E-state index in [1.165, 1.54) is 7.11 Å². The molecule has 4 aromatic rings. The van der Waals surface area contributed by atoms with E-state index < -0.39 is 35.3 Å². The molecule has 0 saturated carbocycles. The molecule has 2 atom stereocenters. The van der Waals surface area contributed by atoms with Gasteiger partial charge < -0.3 is 29.0 Å². The topological polar surface area (TPSA) is 109 Å². The monoisotopic (exact) mass is 653 g/mol. The Morgan fingerprint density at radius 3 is 1.79 bits per heavy atom. The molecule has 0 aliphatic rings. The Hall–Kier alpha value is -5.31. The first-order valence-corrected chi connectivity index (χ1v) is 15.8. The molecule has 1 N–H and O–H groups in total. The third-order valence-electron chi connectivity index (χ3n) is 7.26. The van der Waals surface area contributed by atoms with Crippen molar-refractivity contribution < 1.29 is 38.1 Å². The number of ether oxygens (including phenoxy) is 5. The van der Waals surface area contributed by atoms with Crippen molar-refractivity contribution in [1.29, 1.82) is 0 Å². The van der Waals surface area contributed by atoms with Crippen molar-refractivity contribution in [3.8, 4) is 11.5 Å². The highest BCUT2D eigenvalue weighted by Crippen LogP contribution is 2.33. The highest BCUT2D eigenvalue weighted by Gasteiger charge is 2.44. The molecular weight excluding hydrogens is 610 g/mol. The van der Waals surface area contributed by atoms with Crippen LogP contribution < -0.4 is 14.8 Å². The van der Waals surface area contributed by atoms with Crippen molar-refractivity contribution >= 4 is 18.0 Å². The van der Waals surface area contributed by atoms with Crippen LogP contribution in [-0.2, 0) is 38.6 Å². The van der Waals surface area contributed by atoms with Gasteiger partial charge >= 0.3 is 18.0 Å². The lowest BCUT2D eigenvalue weighted by Crippen LogP contribution is -2.59. The molecule has 9 heteroatoms. The molecule has 0 fully saturated rings. The first-order chi connectivity index (χ1) is 23.0. The highest BCUT2D eigenvalue weighted by molar-refractivity contribution is 5.89. The summed E-state index contributed by atoms with van der Waals surface area (Å²) in [5.41, 5.74) is 0.416. The first-order valence-electron chi connectivity index (χ1n) is 15.8. The molecule has 0 saturated heterocycles. The van der Waals surface area contributed by atoms with E-state index in [1.54, 1.807) is 76.2 Å². The summed E-state index contributed by atoms with van der Waals surface area (Å²) in [6.07, 6.45) is -1.77. The second kappa shape index (κ2) is 16.5. The fourth-order valence-electron chi connectivity index (χ4n) is 5.14. The van der Waals surface area contributed by atoms with Crippen LogP contribution in [0.4, 0.5) is 4.79 Å². The number of hydrogen-bond donors (Lipinski definition) is 1. The predicted octanol–water partition coefficient (Wildman–Crippen LogP) is 7.46. The Balaban J connectivity index is 1.67. The fourth-order valence-corrected chi connectivity index (χ4v) is 5.14. The van der Waals surface area contributed by atoms with E-state index in [0.717, 1.165) is 11.1 Å². The van der Waals surface area contributed by atoms with Gasteiger partial charge in [-0.3, -0.25) is 0 Å². The van der Waals surface area contributed by atoms with Gasteiger partial charge in [-0.2, -0.15) is 0 Å². The van der Waals surface area contributed by atoms with E-state index >= 15 is 0 Å². The second-order valence-electron chi connectivity index (χ2n) is 12.5. The number of carbonyl (C=O) groups is 3. The number of esters is 2. The van der Waals surface area contributed by atoms with Crippen LogP contribution in [0.25, 0.3) is 0 Å². The molecule has 1 unspecified atom stereocenters. The lowest BCUT2D eigenvalue weighted by Gasteiger charge is -2.35. The van der Waals surface area contributed by atoms with Crippen molar-refractivity contribution in [3.05, 3.63) is 131 Å². The zero-order chi connectivity index (χ0) is 34.6. The summed E-state index contributed by atoms with van der Waals surface area (Å²) in [4.78, 5) is 39.8. The number of amides is 1. The molecule has 1 amide bonds. The number of hydrogen-bond acceptors (Lipinski definition) is 8. The van der Waals surface area contributed by atoms with Crippen LogP contribution in [-0.4, -0.2) is 42.4 Å². The second-order valence-corrected chi connectivity index (χ2v) is 12.5. The van der Waals surface area contributed by atoms with Crippen LogP contribution in [0.15, 0.2) is 109 Å². The number of carbonyl (C=O) groups excluding carboxylic acids is 3. The van der Waals surface area contributed by atoms with Crippen molar-refractivity contribution in [2.75, 3.05) is 7.11 Å². The van der Waals surface area contributed by atoms with Crippen molar-refractivity contribution in [2.45, 2.75) is 71.0 Å². The van der Waals surface area contributed by atoms with Gasteiger partial charge in [0.15, 0.2) is 11.5 Å². The van der Waals surface area contributed by atoms with Gasteiger partial charge in [-0.15, -0.1) is 0 Å². The Kier molecular flexibility index (Phi) is 12.2. The van der Waals surface area contributed by atoms with E-state index in [2.05, 4.69) is 5.32 Å². The Bertz CT molecular complexity index is 1640. The van der Waals surface area contributed by atoms with Crippen molar-refractivity contribution in [2.24, 2.45) is 0 Å². The standard InChI is InChI=1S/C39H43NO8/c1-28(47-35(41)32-19-13-8-14-20-32)24-39(36(42)44-5,40-37(43)48-38(2,3)4)25-31-21-22-33(45-26-29-15-9-6-10-16-29)34(23-31)46-27-30-17-11-7-12-18-30/h6-23,28H,24-27H2,1-5H3,(H,40,43)/t28?,39-/m1/s1. The summed E-state index contributed by atoms with van der Waals surface area (Å²) in [6.45, 7) is 7.42. The van der Waals surface area contributed by atoms with E-state index in [9.17, 15) is 14.4 Å². The zero-order valence-electron chi connectivity index (χ0n) is 28.1. The third-order valence-corrected chi connectivity index (χ3v) is 7.26. The van der Waals surface area contributed by atoms with E-state index in [4.69, 9.17) is 23.7 Å². The third kappa shape index (κ3) is 10.6. The molecule has 9 nitrogen and oxygen atoms in total. The number of methoxy groups -OCH3 is 1. The molecule has 0 aliphatic carbocycles. The van der Waals surface area contributed by atoms with E-state index in [1.807, 2.05) is 60.7 Å². The molecule has 252 valence electrons. The molecule has 0 heterocycles. The average Bonchev–Trinajstić information content (AvgIpc) is 3.06. The lowest BCUT2D eigenvalue weighted by molar-refractivity contribution is -0.150. The minimum Gasteiger partial charge on any atom is -0.485 e. The molecule has 4 aromatic carbocycles. The minimum absolute atomic E-state index is 0.0349. The summed E-state index contributed by atoms with van der Waals surface area (Å²) in [6, 6.07) is 33.3. The molecule has 0 bridgehead atoms. The highest BCUT2D eigenvalue weighted by atomic mass is 16.6. The first kappa shape index (κ1) is 35.5. The van der Waals surface area contributed by atoms with Gasteiger partial charge in [0.1, 0.15) is 30.5 Å². The molecule has 0 aliphatic heterocycles. The van der Waals surface area contributed by atoms with E-state index in [-0.39, 0.29) is 19.4 Å². The van der Waals surface area contributed by atoms with Gasteiger partial charge in [-0.25, -0.2) is 14.4 Å². The smallest absolute Gasteiger partial charge is 0.408 e. The van der Waals surface area contributed by atoms with Crippen LogP contribution in [0, 0.1) is 0 Å². The van der Waals surface area contributed by atoms with Gasteiger partial charge in [-0.1, -0.05) is 84.9 Å². The Labute approximate surface area is 282 Å². The van der Waals surface area contributed by atoms with Gasteiger partial charge in [0, 0.05) is 12.8 Å². The van der Waals surface area contributed by atoms with Gasteiger partial charge in [0.2, 0.25) is 0 Å². The summed E-state index contributed by atoms with van der Waals surface area (Å²) in [5.74, 6) is -0.331. The number of benzene rings is 4.